The third-order valence-electron chi connectivity index (χ3n) is 5.36. The highest BCUT2D eigenvalue weighted by atomic mass is 32.2. The van der Waals surface area contributed by atoms with E-state index in [9.17, 15) is 8.42 Å². The third-order valence-corrected chi connectivity index (χ3v) is 6.33. The fourth-order valence-electron chi connectivity index (χ4n) is 3.69. The van der Waals surface area contributed by atoms with Crippen LogP contribution in [0.4, 0.5) is 0 Å². The molecule has 0 spiro atoms. The molecule has 2 N–H and O–H groups in total. The molecule has 0 aliphatic carbocycles. The Morgan fingerprint density at radius 2 is 1.96 bits per heavy atom. The molecule has 28 heavy (non-hydrogen) atoms. The van der Waals surface area contributed by atoms with Gasteiger partial charge in [0.2, 0.25) is 0 Å². The van der Waals surface area contributed by atoms with E-state index < -0.39 is 9.84 Å². The van der Waals surface area contributed by atoms with Crippen molar-refractivity contribution in [1.82, 2.24) is 10.6 Å². The van der Waals surface area contributed by atoms with Crippen LogP contribution in [0.3, 0.4) is 0 Å². The number of aliphatic imine (C=N–C) groups is 1. The molecule has 1 unspecified atom stereocenters. The molecule has 1 aromatic carbocycles. The number of nitrogens with one attached hydrogen (secondary N) is 2. The SMILES string of the molecule is CCNC(=NCC1(c2ccccc2C)CCOCC1)NC(C)CCS(C)(=O)=O. The molecule has 1 aromatic rings. The number of ether oxygens (including phenoxy) is 1. The maximum absolute atomic E-state index is 11.4. The maximum atomic E-state index is 11.4. The van der Waals surface area contributed by atoms with Crippen molar-refractivity contribution in [3.8, 4) is 0 Å². The predicted octanol–water partition coefficient (Wildman–Crippen LogP) is 2.42. The molecule has 0 saturated carbocycles. The van der Waals surface area contributed by atoms with E-state index in [-0.39, 0.29) is 17.2 Å². The van der Waals surface area contributed by atoms with E-state index >= 15 is 0 Å². The van der Waals surface area contributed by atoms with Crippen molar-refractivity contribution in [2.24, 2.45) is 4.99 Å². The Labute approximate surface area is 170 Å². The van der Waals surface area contributed by atoms with Crippen LogP contribution < -0.4 is 10.6 Å². The zero-order valence-corrected chi connectivity index (χ0v) is 18.4. The minimum Gasteiger partial charge on any atom is -0.381 e. The van der Waals surface area contributed by atoms with E-state index in [0.717, 1.165) is 38.6 Å². The largest absolute Gasteiger partial charge is 0.381 e. The highest BCUT2D eigenvalue weighted by molar-refractivity contribution is 7.90. The van der Waals surface area contributed by atoms with Crippen LogP contribution >= 0.6 is 0 Å². The van der Waals surface area contributed by atoms with Crippen molar-refractivity contribution in [3.63, 3.8) is 0 Å². The Morgan fingerprint density at radius 1 is 1.29 bits per heavy atom. The van der Waals surface area contributed by atoms with E-state index in [1.807, 2.05) is 13.8 Å². The van der Waals surface area contributed by atoms with Crippen LogP contribution in [0.1, 0.15) is 44.2 Å². The molecule has 158 valence electrons. The minimum atomic E-state index is -2.96. The van der Waals surface area contributed by atoms with Gasteiger partial charge in [0.05, 0.1) is 12.3 Å². The van der Waals surface area contributed by atoms with Crippen LogP contribution in [0.5, 0.6) is 0 Å². The summed E-state index contributed by atoms with van der Waals surface area (Å²) in [6.45, 7) is 9.11. The Kier molecular flexibility index (Phi) is 8.31. The second kappa shape index (κ2) is 10.3. The molecule has 1 aliphatic rings. The minimum absolute atomic E-state index is 0.0247. The van der Waals surface area contributed by atoms with Gasteiger partial charge < -0.3 is 15.4 Å². The lowest BCUT2D eigenvalue weighted by Gasteiger charge is -2.37. The number of hydrogen-bond donors (Lipinski definition) is 2. The van der Waals surface area contributed by atoms with Gasteiger partial charge in [-0.1, -0.05) is 24.3 Å². The number of nitrogens with zero attached hydrogens (tertiary/aromatic N) is 1. The Hall–Kier alpha value is -1.60. The van der Waals surface area contributed by atoms with E-state index in [1.165, 1.54) is 17.4 Å². The first-order valence-electron chi connectivity index (χ1n) is 10.1. The van der Waals surface area contributed by atoms with Crippen molar-refractivity contribution in [2.75, 3.05) is 38.3 Å². The molecule has 1 fully saturated rings. The average Bonchev–Trinajstić information content (AvgIpc) is 2.65. The first kappa shape index (κ1) is 22.7. The Balaban J connectivity index is 2.16. The van der Waals surface area contributed by atoms with Crippen LogP contribution in [0, 0.1) is 6.92 Å². The highest BCUT2D eigenvalue weighted by Crippen LogP contribution is 2.37. The molecule has 0 aromatic heterocycles. The summed E-state index contributed by atoms with van der Waals surface area (Å²) in [5.41, 5.74) is 2.61. The zero-order chi connectivity index (χ0) is 20.6. The van der Waals surface area contributed by atoms with Gasteiger partial charge in [0.25, 0.3) is 0 Å². The zero-order valence-electron chi connectivity index (χ0n) is 17.6. The number of guanidine groups is 1. The summed E-state index contributed by atoms with van der Waals surface area (Å²) in [5, 5.41) is 6.65. The van der Waals surface area contributed by atoms with Crippen molar-refractivity contribution in [1.29, 1.82) is 0 Å². The summed E-state index contributed by atoms with van der Waals surface area (Å²) in [6, 6.07) is 8.57. The van der Waals surface area contributed by atoms with E-state index in [0.29, 0.717) is 13.0 Å². The normalized spacial score (nSPS) is 18.5. The molecular formula is C21H35N3O3S. The average molecular weight is 410 g/mol. The molecule has 1 atom stereocenters. The van der Waals surface area contributed by atoms with Crippen LogP contribution in [-0.2, 0) is 20.0 Å². The number of sulfone groups is 1. The van der Waals surface area contributed by atoms with Crippen molar-refractivity contribution in [3.05, 3.63) is 35.4 Å². The van der Waals surface area contributed by atoms with Crippen LogP contribution in [-0.4, -0.2) is 58.7 Å². The molecular weight excluding hydrogens is 374 g/mol. The Morgan fingerprint density at radius 3 is 2.57 bits per heavy atom. The summed E-state index contributed by atoms with van der Waals surface area (Å²) in [4.78, 5) is 4.90. The lowest BCUT2D eigenvalue weighted by atomic mass is 9.72. The second-order valence-corrected chi connectivity index (χ2v) is 10.1. The molecule has 1 saturated heterocycles. The van der Waals surface area contributed by atoms with Crippen molar-refractivity contribution < 1.29 is 13.2 Å². The fourth-order valence-corrected chi connectivity index (χ4v) is 4.47. The number of benzene rings is 1. The summed E-state index contributed by atoms with van der Waals surface area (Å²) in [5.74, 6) is 0.911. The van der Waals surface area contributed by atoms with Gasteiger partial charge in [-0.05, 0) is 51.2 Å². The van der Waals surface area contributed by atoms with Gasteiger partial charge in [0.15, 0.2) is 5.96 Å². The standard InChI is InChI=1S/C21H35N3O3S/c1-5-22-20(24-18(3)10-15-28(4,25)26)23-16-21(11-13-27-14-12-21)19-9-7-6-8-17(19)2/h6-9,18H,5,10-16H2,1-4H3,(H2,22,23,24). The topological polar surface area (TPSA) is 79.8 Å². The molecule has 1 heterocycles. The third kappa shape index (κ3) is 6.78. The van der Waals surface area contributed by atoms with Gasteiger partial charge in [-0.3, -0.25) is 4.99 Å². The molecule has 7 heteroatoms. The fraction of sp³-hybridized carbons (Fsp3) is 0.667. The van der Waals surface area contributed by atoms with Crippen LogP contribution in [0.25, 0.3) is 0 Å². The lowest BCUT2D eigenvalue weighted by molar-refractivity contribution is 0.0529. The van der Waals surface area contributed by atoms with E-state index in [4.69, 9.17) is 9.73 Å². The van der Waals surface area contributed by atoms with Gasteiger partial charge in [-0.25, -0.2) is 8.42 Å². The maximum Gasteiger partial charge on any atom is 0.191 e. The van der Waals surface area contributed by atoms with Crippen LogP contribution in [0.15, 0.2) is 29.3 Å². The molecule has 1 aliphatic heterocycles. The quantitative estimate of drug-likeness (QED) is 0.509. The molecule has 0 bridgehead atoms. The van der Waals surface area contributed by atoms with Gasteiger partial charge in [0.1, 0.15) is 9.84 Å². The summed E-state index contributed by atoms with van der Waals surface area (Å²) in [7, 11) is -2.96. The van der Waals surface area contributed by atoms with Gasteiger partial charge in [0, 0.05) is 37.5 Å². The molecule has 0 radical (unpaired) electrons. The van der Waals surface area contributed by atoms with E-state index in [1.54, 1.807) is 0 Å². The summed E-state index contributed by atoms with van der Waals surface area (Å²) < 4.78 is 28.5. The van der Waals surface area contributed by atoms with Gasteiger partial charge in [-0.15, -0.1) is 0 Å². The Bertz CT molecular complexity index is 756. The number of aryl methyl sites for hydroxylation is 1. The van der Waals surface area contributed by atoms with Crippen LogP contribution in [0.2, 0.25) is 0 Å². The second-order valence-electron chi connectivity index (χ2n) is 7.87. The monoisotopic (exact) mass is 409 g/mol. The molecule has 6 nitrogen and oxygen atoms in total. The summed E-state index contributed by atoms with van der Waals surface area (Å²) in [6.07, 6.45) is 3.73. The number of rotatable bonds is 8. The van der Waals surface area contributed by atoms with Crippen molar-refractivity contribution >= 4 is 15.8 Å². The molecule has 0 amide bonds. The van der Waals surface area contributed by atoms with Gasteiger partial charge >= 0.3 is 0 Å². The lowest BCUT2D eigenvalue weighted by Crippen LogP contribution is -2.44. The number of hydrogen-bond acceptors (Lipinski definition) is 4. The first-order chi connectivity index (χ1) is 13.3. The van der Waals surface area contributed by atoms with E-state index in [2.05, 4.69) is 41.8 Å². The van der Waals surface area contributed by atoms with Crippen molar-refractivity contribution in [2.45, 2.75) is 51.5 Å². The molecule has 2 rings (SSSR count). The van der Waals surface area contributed by atoms with Gasteiger partial charge in [-0.2, -0.15) is 0 Å². The smallest absolute Gasteiger partial charge is 0.191 e. The highest BCUT2D eigenvalue weighted by Gasteiger charge is 2.35. The summed E-state index contributed by atoms with van der Waals surface area (Å²) >= 11 is 0. The first-order valence-corrected chi connectivity index (χ1v) is 12.2. The predicted molar refractivity (Wildman–Crippen MR) is 116 cm³/mol.